The predicted molar refractivity (Wildman–Crippen MR) is 107 cm³/mol. The highest BCUT2D eigenvalue weighted by molar-refractivity contribution is 6.30. The molecule has 1 aliphatic rings. The van der Waals surface area contributed by atoms with Gasteiger partial charge in [0.15, 0.2) is 0 Å². The average molecular weight is 374 g/mol. The minimum absolute atomic E-state index is 0.207. The molecule has 2 aromatic rings. The second kappa shape index (κ2) is 9.40. The molecule has 3 rings (SSSR count). The van der Waals surface area contributed by atoms with Crippen LogP contribution in [-0.4, -0.2) is 35.7 Å². The van der Waals surface area contributed by atoms with Crippen LogP contribution in [0.4, 0.5) is 0 Å². The van der Waals surface area contributed by atoms with Crippen molar-refractivity contribution in [1.82, 2.24) is 4.90 Å². The van der Waals surface area contributed by atoms with Gasteiger partial charge in [-0.3, -0.25) is 0 Å². The molecule has 2 aromatic carbocycles. The number of nitrogens with zero attached hydrogens (tertiary/aromatic N) is 1. The van der Waals surface area contributed by atoms with Crippen LogP contribution >= 0.6 is 11.6 Å². The number of aliphatic hydroxyl groups is 1. The average Bonchev–Trinajstić information content (AvgIpc) is 2.65. The largest absolute Gasteiger partial charge is 0.489 e. The van der Waals surface area contributed by atoms with Crippen LogP contribution < -0.4 is 4.74 Å². The molecular formula is C22H28ClNO2. The Morgan fingerprint density at radius 3 is 2.73 bits per heavy atom. The van der Waals surface area contributed by atoms with Crippen molar-refractivity contribution in [3.05, 3.63) is 64.7 Å². The monoisotopic (exact) mass is 373 g/mol. The van der Waals surface area contributed by atoms with Crippen molar-refractivity contribution in [2.45, 2.75) is 38.9 Å². The lowest BCUT2D eigenvalue weighted by Crippen LogP contribution is -2.44. The molecule has 0 spiro atoms. The Bertz CT molecular complexity index is 689. The van der Waals surface area contributed by atoms with E-state index in [1.807, 2.05) is 36.4 Å². The van der Waals surface area contributed by atoms with Crippen molar-refractivity contribution in [3.63, 3.8) is 0 Å². The molecule has 26 heavy (non-hydrogen) atoms. The molecule has 3 nitrogen and oxygen atoms in total. The smallest absolute Gasteiger partial charge is 0.120 e. The summed E-state index contributed by atoms with van der Waals surface area (Å²) in [4.78, 5) is 2.47. The number of rotatable bonds is 7. The molecule has 0 radical (unpaired) electrons. The zero-order valence-electron chi connectivity index (χ0n) is 15.4. The summed E-state index contributed by atoms with van der Waals surface area (Å²) in [5, 5.41) is 11.1. The van der Waals surface area contributed by atoms with E-state index in [0.29, 0.717) is 12.5 Å². The Labute approximate surface area is 161 Å². The summed E-state index contributed by atoms with van der Waals surface area (Å²) in [7, 11) is 0. The molecule has 1 N–H and O–H groups in total. The van der Waals surface area contributed by atoms with E-state index in [2.05, 4.69) is 24.0 Å². The molecule has 140 valence electrons. The summed E-state index contributed by atoms with van der Waals surface area (Å²) in [6.07, 6.45) is 2.72. The minimum Gasteiger partial charge on any atom is -0.489 e. The number of likely N-dealkylation sites (tertiary alicyclic amines) is 1. The lowest BCUT2D eigenvalue weighted by molar-refractivity contribution is 0.0270. The predicted octanol–water partition coefficient (Wildman–Crippen LogP) is 4.55. The third-order valence-corrected chi connectivity index (χ3v) is 5.28. The van der Waals surface area contributed by atoms with Crippen molar-refractivity contribution in [2.24, 2.45) is 5.92 Å². The normalized spacial score (nSPS) is 20.9. The Kier molecular flexibility index (Phi) is 6.95. The van der Waals surface area contributed by atoms with E-state index < -0.39 is 0 Å². The highest BCUT2D eigenvalue weighted by Crippen LogP contribution is 2.24. The van der Waals surface area contributed by atoms with E-state index in [1.165, 1.54) is 5.56 Å². The number of ether oxygens (including phenoxy) is 1. The molecule has 1 fully saturated rings. The summed E-state index contributed by atoms with van der Waals surface area (Å²) in [5.74, 6) is 1.16. The van der Waals surface area contributed by atoms with Gasteiger partial charge in [0.2, 0.25) is 0 Å². The van der Waals surface area contributed by atoms with Gasteiger partial charge >= 0.3 is 0 Å². The SMILES string of the molecule is CCCN1CCC(O)C(Cc2cccc(OCc3ccc(Cl)cc3)c2)C1. The van der Waals surface area contributed by atoms with Gasteiger partial charge in [-0.05, 0) is 61.2 Å². The van der Waals surface area contributed by atoms with E-state index >= 15 is 0 Å². The standard InChI is InChI=1S/C22H28ClNO2/c1-2-11-24-12-10-22(25)19(15-24)13-18-4-3-5-21(14-18)26-16-17-6-8-20(23)9-7-17/h3-9,14,19,22,25H,2,10-13,15-16H2,1H3. The Balaban J connectivity index is 1.58. The van der Waals surface area contributed by atoms with Gasteiger partial charge in [-0.25, -0.2) is 0 Å². The van der Waals surface area contributed by atoms with E-state index in [9.17, 15) is 5.11 Å². The number of piperidine rings is 1. The number of aliphatic hydroxyl groups excluding tert-OH is 1. The molecule has 2 atom stereocenters. The number of hydrogen-bond donors (Lipinski definition) is 1. The molecule has 2 unspecified atom stereocenters. The van der Waals surface area contributed by atoms with Crippen molar-refractivity contribution in [1.29, 1.82) is 0 Å². The zero-order valence-corrected chi connectivity index (χ0v) is 16.2. The molecule has 0 aromatic heterocycles. The fourth-order valence-electron chi connectivity index (χ4n) is 3.63. The quantitative estimate of drug-likeness (QED) is 0.772. The summed E-state index contributed by atoms with van der Waals surface area (Å²) < 4.78 is 5.93. The first kappa shape index (κ1) is 19.2. The second-order valence-electron chi connectivity index (χ2n) is 7.18. The number of halogens is 1. The van der Waals surface area contributed by atoms with Gasteiger partial charge in [0, 0.05) is 24.0 Å². The topological polar surface area (TPSA) is 32.7 Å². The fraction of sp³-hybridized carbons (Fsp3) is 0.455. The fourth-order valence-corrected chi connectivity index (χ4v) is 3.75. The number of benzene rings is 2. The summed E-state index contributed by atoms with van der Waals surface area (Å²) in [6, 6.07) is 16.0. The summed E-state index contributed by atoms with van der Waals surface area (Å²) in [6.45, 7) is 5.84. The Hall–Kier alpha value is -1.55. The minimum atomic E-state index is -0.207. The maximum atomic E-state index is 10.4. The van der Waals surface area contributed by atoms with Crippen molar-refractivity contribution < 1.29 is 9.84 Å². The van der Waals surface area contributed by atoms with Crippen molar-refractivity contribution >= 4 is 11.6 Å². The van der Waals surface area contributed by atoms with Crippen LogP contribution in [0.2, 0.25) is 5.02 Å². The van der Waals surface area contributed by atoms with E-state index in [1.54, 1.807) is 0 Å². The highest BCUT2D eigenvalue weighted by atomic mass is 35.5. The summed E-state index contributed by atoms with van der Waals surface area (Å²) >= 11 is 5.92. The Morgan fingerprint density at radius 1 is 1.15 bits per heavy atom. The maximum absolute atomic E-state index is 10.4. The van der Waals surface area contributed by atoms with Crippen LogP contribution in [0, 0.1) is 5.92 Å². The first-order valence-corrected chi connectivity index (χ1v) is 9.88. The first-order chi connectivity index (χ1) is 12.6. The third kappa shape index (κ3) is 5.47. The molecule has 0 amide bonds. The first-order valence-electron chi connectivity index (χ1n) is 9.50. The molecule has 1 aliphatic heterocycles. The van der Waals surface area contributed by atoms with Crippen LogP contribution in [0.25, 0.3) is 0 Å². The number of hydrogen-bond acceptors (Lipinski definition) is 3. The molecule has 1 saturated heterocycles. The lowest BCUT2D eigenvalue weighted by atomic mass is 9.88. The van der Waals surface area contributed by atoms with Gasteiger partial charge < -0.3 is 14.7 Å². The molecule has 4 heteroatoms. The maximum Gasteiger partial charge on any atom is 0.120 e. The van der Waals surface area contributed by atoms with Crippen LogP contribution in [0.15, 0.2) is 48.5 Å². The van der Waals surface area contributed by atoms with Gasteiger partial charge in [0.25, 0.3) is 0 Å². The molecule has 0 saturated carbocycles. The van der Waals surface area contributed by atoms with Gasteiger partial charge in [0.1, 0.15) is 12.4 Å². The molecule has 1 heterocycles. The van der Waals surface area contributed by atoms with Crippen molar-refractivity contribution in [2.75, 3.05) is 19.6 Å². The van der Waals surface area contributed by atoms with Crippen LogP contribution in [0.3, 0.4) is 0 Å². The third-order valence-electron chi connectivity index (χ3n) is 5.03. The zero-order chi connectivity index (χ0) is 18.4. The van der Waals surface area contributed by atoms with Gasteiger partial charge in [0.05, 0.1) is 6.10 Å². The van der Waals surface area contributed by atoms with E-state index in [4.69, 9.17) is 16.3 Å². The van der Waals surface area contributed by atoms with Gasteiger partial charge in [-0.1, -0.05) is 42.8 Å². The second-order valence-corrected chi connectivity index (χ2v) is 7.62. The Morgan fingerprint density at radius 2 is 1.96 bits per heavy atom. The lowest BCUT2D eigenvalue weighted by Gasteiger charge is -2.36. The van der Waals surface area contributed by atoms with Gasteiger partial charge in [-0.15, -0.1) is 0 Å². The van der Waals surface area contributed by atoms with Crippen LogP contribution in [-0.2, 0) is 13.0 Å². The van der Waals surface area contributed by atoms with Crippen LogP contribution in [0.5, 0.6) is 5.75 Å². The van der Waals surface area contributed by atoms with Crippen LogP contribution in [0.1, 0.15) is 30.9 Å². The molecular weight excluding hydrogens is 346 g/mol. The molecule has 0 aliphatic carbocycles. The summed E-state index contributed by atoms with van der Waals surface area (Å²) in [5.41, 5.74) is 2.32. The van der Waals surface area contributed by atoms with E-state index in [-0.39, 0.29) is 6.10 Å². The molecule has 0 bridgehead atoms. The highest BCUT2D eigenvalue weighted by Gasteiger charge is 2.27. The van der Waals surface area contributed by atoms with Gasteiger partial charge in [-0.2, -0.15) is 0 Å². The van der Waals surface area contributed by atoms with E-state index in [0.717, 1.165) is 55.2 Å². The van der Waals surface area contributed by atoms with Crippen molar-refractivity contribution in [3.8, 4) is 5.75 Å².